The van der Waals surface area contributed by atoms with E-state index in [2.05, 4.69) is 28.2 Å². The molecule has 2 heterocycles. The van der Waals surface area contributed by atoms with Crippen LogP contribution in [0, 0.1) is 5.82 Å². The number of benzene rings is 2. The molecule has 1 aromatic heterocycles. The van der Waals surface area contributed by atoms with E-state index in [9.17, 15) is 9.18 Å². The summed E-state index contributed by atoms with van der Waals surface area (Å²) in [5, 5.41) is 1.26. The Labute approximate surface area is 170 Å². The molecule has 3 aromatic rings. The van der Waals surface area contributed by atoms with Crippen LogP contribution in [0.1, 0.15) is 47.5 Å². The number of hydrogen-bond donors (Lipinski definition) is 1. The predicted octanol–water partition coefficient (Wildman–Crippen LogP) is 5.16. The van der Waals surface area contributed by atoms with Crippen LogP contribution in [0.15, 0.2) is 48.7 Å². The minimum Gasteiger partial charge on any atom is -0.497 e. The van der Waals surface area contributed by atoms with E-state index in [0.717, 1.165) is 50.2 Å². The number of carbonyl (C=O) groups excluding carboxylic acids is 1. The molecule has 5 heteroatoms. The number of nitrogens with zero attached hydrogens (tertiary/aromatic N) is 1. The number of fused-ring (bicyclic) bond motifs is 1. The summed E-state index contributed by atoms with van der Waals surface area (Å²) in [6, 6.07) is 12.0. The van der Waals surface area contributed by atoms with Gasteiger partial charge in [0.05, 0.1) is 7.11 Å². The number of likely N-dealkylation sites (tertiary alicyclic amines) is 1. The third kappa shape index (κ3) is 4.51. The first kappa shape index (κ1) is 19.6. The zero-order valence-electron chi connectivity index (χ0n) is 16.8. The average Bonchev–Trinajstić information content (AvgIpc) is 3.17. The molecule has 0 saturated carbocycles. The van der Waals surface area contributed by atoms with Gasteiger partial charge in [-0.25, -0.2) is 4.39 Å². The normalized spacial score (nSPS) is 15.7. The monoisotopic (exact) mass is 394 g/mol. The van der Waals surface area contributed by atoms with E-state index >= 15 is 0 Å². The molecule has 1 saturated heterocycles. The Morgan fingerprint density at radius 2 is 1.93 bits per heavy atom. The topological polar surface area (TPSA) is 45.3 Å². The minimum absolute atomic E-state index is 0.0904. The molecule has 0 radical (unpaired) electrons. The van der Waals surface area contributed by atoms with Crippen molar-refractivity contribution in [2.24, 2.45) is 0 Å². The van der Waals surface area contributed by atoms with Crippen LogP contribution in [0.4, 0.5) is 4.39 Å². The Balaban J connectivity index is 1.27. The lowest BCUT2D eigenvalue weighted by Crippen LogP contribution is -2.33. The Morgan fingerprint density at radius 3 is 2.66 bits per heavy atom. The first-order valence-electron chi connectivity index (χ1n) is 10.3. The zero-order chi connectivity index (χ0) is 20.2. The van der Waals surface area contributed by atoms with Gasteiger partial charge in [-0.1, -0.05) is 0 Å². The maximum Gasteiger partial charge on any atom is 0.162 e. The van der Waals surface area contributed by atoms with E-state index in [4.69, 9.17) is 4.74 Å². The number of hydrogen-bond acceptors (Lipinski definition) is 3. The van der Waals surface area contributed by atoms with Crippen LogP contribution >= 0.6 is 0 Å². The van der Waals surface area contributed by atoms with Gasteiger partial charge in [0, 0.05) is 29.1 Å². The molecule has 1 aliphatic rings. The van der Waals surface area contributed by atoms with Crippen molar-refractivity contribution >= 4 is 16.7 Å². The molecule has 1 N–H and O–H groups in total. The van der Waals surface area contributed by atoms with Gasteiger partial charge >= 0.3 is 0 Å². The number of ether oxygens (including phenoxy) is 1. The molecular formula is C24H27FN2O2. The Kier molecular flexibility index (Phi) is 5.95. The summed E-state index contributed by atoms with van der Waals surface area (Å²) in [6.45, 7) is 3.03. The van der Waals surface area contributed by atoms with Gasteiger partial charge in [0.2, 0.25) is 0 Å². The smallest absolute Gasteiger partial charge is 0.162 e. The second kappa shape index (κ2) is 8.78. The molecular weight excluding hydrogens is 367 g/mol. The summed E-state index contributed by atoms with van der Waals surface area (Å²) in [6.07, 6.45) is 5.73. The molecule has 1 fully saturated rings. The van der Waals surface area contributed by atoms with Crippen molar-refractivity contribution in [2.45, 2.75) is 31.6 Å². The SMILES string of the molecule is COc1ccc2[nH]cc(C3CCN(CCCC(=O)c4ccc(F)cc4)CC3)c2c1. The van der Waals surface area contributed by atoms with Crippen molar-refractivity contribution in [3.05, 3.63) is 65.6 Å². The maximum atomic E-state index is 13.0. The van der Waals surface area contributed by atoms with Crippen LogP contribution in [-0.4, -0.2) is 42.4 Å². The second-order valence-corrected chi connectivity index (χ2v) is 7.81. The van der Waals surface area contributed by atoms with E-state index in [0.29, 0.717) is 17.9 Å². The standard InChI is InChI=1S/C24H27FN2O2/c1-29-20-8-9-23-21(15-20)22(16-26-23)17-10-13-27(14-11-17)12-2-3-24(28)18-4-6-19(25)7-5-18/h4-9,15-17,26H,2-3,10-14H2,1H3. The third-order valence-electron chi connectivity index (χ3n) is 5.99. The lowest BCUT2D eigenvalue weighted by atomic mass is 9.89. The number of aromatic amines is 1. The van der Waals surface area contributed by atoms with Crippen LogP contribution in [0.2, 0.25) is 0 Å². The number of rotatable bonds is 7. The second-order valence-electron chi connectivity index (χ2n) is 7.81. The quantitative estimate of drug-likeness (QED) is 0.563. The zero-order valence-corrected chi connectivity index (χ0v) is 16.8. The molecule has 4 nitrogen and oxygen atoms in total. The highest BCUT2D eigenvalue weighted by Crippen LogP contribution is 2.34. The predicted molar refractivity (Wildman–Crippen MR) is 113 cm³/mol. The van der Waals surface area contributed by atoms with Crippen LogP contribution < -0.4 is 4.74 Å². The van der Waals surface area contributed by atoms with Gasteiger partial charge in [0.1, 0.15) is 11.6 Å². The largest absolute Gasteiger partial charge is 0.497 e. The highest BCUT2D eigenvalue weighted by molar-refractivity contribution is 5.95. The summed E-state index contributed by atoms with van der Waals surface area (Å²) in [7, 11) is 1.70. The number of aromatic nitrogens is 1. The molecule has 152 valence electrons. The lowest BCUT2D eigenvalue weighted by molar-refractivity contribution is 0.0972. The first-order valence-corrected chi connectivity index (χ1v) is 10.3. The molecule has 0 bridgehead atoms. The lowest BCUT2D eigenvalue weighted by Gasteiger charge is -2.31. The van der Waals surface area contributed by atoms with Gasteiger partial charge in [-0.2, -0.15) is 0 Å². The Hall–Kier alpha value is -2.66. The number of halogens is 1. The minimum atomic E-state index is -0.307. The number of H-pyrrole nitrogens is 1. The number of carbonyl (C=O) groups is 1. The van der Waals surface area contributed by atoms with Crippen LogP contribution in [0.25, 0.3) is 10.9 Å². The van der Waals surface area contributed by atoms with E-state index in [1.165, 1.54) is 23.1 Å². The number of ketones is 1. The van der Waals surface area contributed by atoms with Gasteiger partial charge in [0.25, 0.3) is 0 Å². The van der Waals surface area contributed by atoms with Crippen molar-refractivity contribution < 1.29 is 13.9 Å². The van der Waals surface area contributed by atoms with E-state index in [1.807, 2.05) is 6.07 Å². The molecule has 0 amide bonds. The molecule has 2 aromatic carbocycles. The van der Waals surface area contributed by atoms with Crippen molar-refractivity contribution in [3.8, 4) is 5.75 Å². The fourth-order valence-corrected chi connectivity index (χ4v) is 4.30. The first-order chi connectivity index (χ1) is 14.1. The molecule has 0 atom stereocenters. The highest BCUT2D eigenvalue weighted by atomic mass is 19.1. The molecule has 4 rings (SSSR count). The van der Waals surface area contributed by atoms with Crippen molar-refractivity contribution in [1.82, 2.24) is 9.88 Å². The fraction of sp³-hybridized carbons (Fsp3) is 0.375. The van der Waals surface area contributed by atoms with Gasteiger partial charge in [-0.15, -0.1) is 0 Å². The van der Waals surface area contributed by atoms with Gasteiger partial charge in [-0.3, -0.25) is 4.79 Å². The Morgan fingerprint density at radius 1 is 1.17 bits per heavy atom. The summed E-state index contributed by atoms with van der Waals surface area (Å²) in [4.78, 5) is 18.1. The number of methoxy groups -OCH3 is 1. The number of nitrogens with one attached hydrogen (secondary N) is 1. The van der Waals surface area contributed by atoms with E-state index in [1.54, 1.807) is 19.2 Å². The molecule has 1 aliphatic heterocycles. The van der Waals surface area contributed by atoms with E-state index < -0.39 is 0 Å². The summed E-state index contributed by atoms with van der Waals surface area (Å²) in [5.41, 5.74) is 3.13. The van der Waals surface area contributed by atoms with Crippen LogP contribution in [0.3, 0.4) is 0 Å². The molecule has 0 unspecified atom stereocenters. The summed E-state index contributed by atoms with van der Waals surface area (Å²) >= 11 is 0. The van der Waals surface area contributed by atoms with Crippen molar-refractivity contribution in [2.75, 3.05) is 26.7 Å². The molecule has 0 spiro atoms. The van der Waals surface area contributed by atoms with Gasteiger partial charge in [-0.05, 0) is 92.8 Å². The summed E-state index contributed by atoms with van der Waals surface area (Å²) < 4.78 is 18.4. The third-order valence-corrected chi connectivity index (χ3v) is 5.99. The number of Topliss-reactive ketones (excluding diaryl/α,β-unsaturated/α-hetero) is 1. The van der Waals surface area contributed by atoms with Crippen molar-refractivity contribution in [1.29, 1.82) is 0 Å². The average molecular weight is 394 g/mol. The van der Waals surface area contributed by atoms with Crippen LogP contribution in [-0.2, 0) is 0 Å². The maximum absolute atomic E-state index is 13.0. The molecule has 0 aliphatic carbocycles. The van der Waals surface area contributed by atoms with E-state index in [-0.39, 0.29) is 11.6 Å². The Bertz CT molecular complexity index is 972. The van der Waals surface area contributed by atoms with Crippen molar-refractivity contribution in [3.63, 3.8) is 0 Å². The highest BCUT2D eigenvalue weighted by Gasteiger charge is 2.23. The van der Waals surface area contributed by atoms with Gasteiger partial charge < -0.3 is 14.6 Å². The number of piperidine rings is 1. The fourth-order valence-electron chi connectivity index (χ4n) is 4.30. The summed E-state index contributed by atoms with van der Waals surface area (Å²) in [5.74, 6) is 1.22. The van der Waals surface area contributed by atoms with Crippen LogP contribution in [0.5, 0.6) is 5.75 Å². The van der Waals surface area contributed by atoms with Gasteiger partial charge in [0.15, 0.2) is 5.78 Å². The molecule has 29 heavy (non-hydrogen) atoms.